The first kappa shape index (κ1) is 11.6. The van der Waals surface area contributed by atoms with Crippen LogP contribution < -0.4 is 0 Å². The lowest BCUT2D eigenvalue weighted by molar-refractivity contribution is 1.29. The molecule has 4 heteroatoms. The molecule has 0 amide bonds. The lowest BCUT2D eigenvalue weighted by atomic mass is 10.2. The number of thiazole rings is 1. The Bertz CT molecular complexity index is 749. The van der Waals surface area contributed by atoms with Crippen molar-refractivity contribution in [2.45, 2.75) is 0 Å². The number of hydrogen-bond acceptors (Lipinski definition) is 4. The van der Waals surface area contributed by atoms with Gasteiger partial charge in [0, 0.05) is 6.20 Å². The van der Waals surface area contributed by atoms with Crippen LogP contribution in [-0.2, 0) is 0 Å². The zero-order valence-electron chi connectivity index (χ0n) is 9.95. The molecule has 0 N–H and O–H groups in total. The molecule has 19 heavy (non-hydrogen) atoms. The number of nitriles is 1. The molecular formula is C15H9N3S. The molecule has 2 aromatic heterocycles. The third-order valence-electron chi connectivity index (χ3n) is 2.62. The fourth-order valence-electron chi connectivity index (χ4n) is 1.74. The summed E-state index contributed by atoms with van der Waals surface area (Å²) >= 11 is 1.52. The van der Waals surface area contributed by atoms with Crippen LogP contribution >= 0.6 is 11.3 Å². The van der Waals surface area contributed by atoms with E-state index in [-0.39, 0.29) is 0 Å². The number of nitrogens with zero attached hydrogens (tertiary/aromatic N) is 3. The Labute approximate surface area is 114 Å². The van der Waals surface area contributed by atoms with E-state index in [1.165, 1.54) is 11.3 Å². The van der Waals surface area contributed by atoms with Crippen LogP contribution in [0.3, 0.4) is 0 Å². The molecule has 0 radical (unpaired) electrons. The maximum Gasteiger partial charge on any atom is 0.135 e. The van der Waals surface area contributed by atoms with Gasteiger partial charge in [0.05, 0.1) is 21.5 Å². The lowest BCUT2D eigenvalue weighted by Gasteiger charge is -1.93. The van der Waals surface area contributed by atoms with E-state index in [0.717, 1.165) is 20.9 Å². The number of fused-ring (bicyclic) bond motifs is 1. The summed E-state index contributed by atoms with van der Waals surface area (Å²) in [6.07, 6.45) is 3.47. The first-order chi connectivity index (χ1) is 9.36. The topological polar surface area (TPSA) is 49.6 Å². The van der Waals surface area contributed by atoms with Gasteiger partial charge in [-0.25, -0.2) is 4.98 Å². The van der Waals surface area contributed by atoms with Crippen molar-refractivity contribution in [2.24, 2.45) is 0 Å². The second kappa shape index (κ2) is 5.01. The molecule has 0 aliphatic carbocycles. The van der Waals surface area contributed by atoms with Gasteiger partial charge in [-0.05, 0) is 30.3 Å². The first-order valence-electron chi connectivity index (χ1n) is 5.75. The summed E-state index contributed by atoms with van der Waals surface area (Å²) in [5, 5.41) is 10.0. The summed E-state index contributed by atoms with van der Waals surface area (Å²) in [5.41, 5.74) is 2.22. The van der Waals surface area contributed by atoms with Crippen LogP contribution in [0.1, 0.15) is 10.7 Å². The van der Waals surface area contributed by atoms with Gasteiger partial charge in [-0.1, -0.05) is 18.2 Å². The van der Waals surface area contributed by atoms with Crippen molar-refractivity contribution in [3.05, 3.63) is 59.4 Å². The van der Waals surface area contributed by atoms with E-state index in [1.807, 2.05) is 42.5 Å². The third-order valence-corrected chi connectivity index (χ3v) is 3.69. The fourth-order valence-corrected chi connectivity index (χ4v) is 2.67. The van der Waals surface area contributed by atoms with Crippen LogP contribution in [0.4, 0.5) is 0 Å². The normalized spacial score (nSPS) is 11.4. The van der Waals surface area contributed by atoms with Gasteiger partial charge in [0.1, 0.15) is 11.1 Å². The smallest absolute Gasteiger partial charge is 0.135 e. The van der Waals surface area contributed by atoms with Crippen LogP contribution in [0.25, 0.3) is 21.9 Å². The van der Waals surface area contributed by atoms with Gasteiger partial charge >= 0.3 is 0 Å². The second-order valence-corrected chi connectivity index (χ2v) is 4.94. The lowest BCUT2D eigenvalue weighted by Crippen LogP contribution is -1.82. The highest BCUT2D eigenvalue weighted by atomic mass is 32.1. The number of hydrogen-bond donors (Lipinski definition) is 0. The third kappa shape index (κ3) is 2.37. The minimum absolute atomic E-state index is 0.542. The largest absolute Gasteiger partial charge is 0.257 e. The SMILES string of the molecule is N#CC(=Cc1ccccn1)c1nc2ccccc2s1. The maximum atomic E-state index is 9.29. The zero-order valence-corrected chi connectivity index (χ0v) is 10.8. The highest BCUT2D eigenvalue weighted by Crippen LogP contribution is 2.27. The standard InChI is InChI=1S/C15H9N3S/c16-10-11(9-12-5-3-4-8-17-12)15-18-13-6-1-2-7-14(13)19-15/h1-9H. The minimum Gasteiger partial charge on any atom is -0.257 e. The maximum absolute atomic E-state index is 9.29. The molecule has 2 heterocycles. The van der Waals surface area contributed by atoms with Gasteiger partial charge in [0.2, 0.25) is 0 Å². The van der Waals surface area contributed by atoms with Crippen molar-refractivity contribution >= 4 is 33.2 Å². The monoisotopic (exact) mass is 263 g/mol. The van der Waals surface area contributed by atoms with Crippen molar-refractivity contribution in [3.8, 4) is 6.07 Å². The van der Waals surface area contributed by atoms with Gasteiger partial charge in [-0.15, -0.1) is 11.3 Å². The van der Waals surface area contributed by atoms with E-state index >= 15 is 0 Å². The van der Waals surface area contributed by atoms with Crippen molar-refractivity contribution in [3.63, 3.8) is 0 Å². The molecule has 0 aliphatic rings. The Morgan fingerprint density at radius 1 is 1.16 bits per heavy atom. The summed E-state index contributed by atoms with van der Waals surface area (Å²) in [4.78, 5) is 8.68. The quantitative estimate of drug-likeness (QED) is 0.661. The highest BCUT2D eigenvalue weighted by molar-refractivity contribution is 7.19. The van der Waals surface area contributed by atoms with Gasteiger partial charge in [-0.2, -0.15) is 5.26 Å². The predicted molar refractivity (Wildman–Crippen MR) is 77.3 cm³/mol. The van der Waals surface area contributed by atoms with Crippen molar-refractivity contribution in [2.75, 3.05) is 0 Å². The summed E-state index contributed by atoms with van der Waals surface area (Å²) in [7, 11) is 0. The molecule has 0 unspecified atom stereocenters. The Balaban J connectivity index is 2.08. The van der Waals surface area contributed by atoms with E-state index < -0.39 is 0 Å². The molecule has 0 atom stereocenters. The van der Waals surface area contributed by atoms with Crippen LogP contribution in [0, 0.1) is 11.3 Å². The van der Waals surface area contributed by atoms with E-state index in [9.17, 15) is 5.26 Å². The Kier molecular flexibility index (Phi) is 3.05. The van der Waals surface area contributed by atoms with Gasteiger partial charge in [-0.3, -0.25) is 4.98 Å². The van der Waals surface area contributed by atoms with Crippen molar-refractivity contribution < 1.29 is 0 Å². The number of pyridine rings is 1. The molecule has 0 bridgehead atoms. The molecule has 0 fully saturated rings. The minimum atomic E-state index is 0.542. The Morgan fingerprint density at radius 2 is 2.00 bits per heavy atom. The fraction of sp³-hybridized carbons (Fsp3) is 0. The molecule has 1 aromatic carbocycles. The van der Waals surface area contributed by atoms with Gasteiger partial charge in [0.25, 0.3) is 0 Å². The van der Waals surface area contributed by atoms with E-state index in [2.05, 4.69) is 16.0 Å². The molecule has 0 saturated carbocycles. The molecule has 3 aromatic rings. The van der Waals surface area contributed by atoms with E-state index in [1.54, 1.807) is 12.3 Å². The van der Waals surface area contributed by atoms with Crippen LogP contribution in [0.2, 0.25) is 0 Å². The second-order valence-electron chi connectivity index (χ2n) is 3.91. The van der Waals surface area contributed by atoms with Crippen molar-refractivity contribution in [1.29, 1.82) is 5.26 Å². The molecule has 0 aliphatic heterocycles. The van der Waals surface area contributed by atoms with Gasteiger partial charge < -0.3 is 0 Å². The van der Waals surface area contributed by atoms with Crippen molar-refractivity contribution in [1.82, 2.24) is 9.97 Å². The van der Waals surface area contributed by atoms with E-state index in [0.29, 0.717) is 5.57 Å². The number of para-hydroxylation sites is 1. The summed E-state index contributed by atoms with van der Waals surface area (Å²) < 4.78 is 1.08. The molecule has 90 valence electrons. The average Bonchev–Trinajstić information content (AvgIpc) is 2.89. The number of aromatic nitrogens is 2. The number of allylic oxidation sites excluding steroid dienone is 1. The predicted octanol–water partition coefficient (Wildman–Crippen LogP) is 3.76. The molecule has 3 rings (SSSR count). The highest BCUT2D eigenvalue weighted by Gasteiger charge is 2.08. The van der Waals surface area contributed by atoms with Crippen LogP contribution in [-0.4, -0.2) is 9.97 Å². The molecule has 3 nitrogen and oxygen atoms in total. The van der Waals surface area contributed by atoms with Gasteiger partial charge in [0.15, 0.2) is 0 Å². The van der Waals surface area contributed by atoms with Crippen LogP contribution in [0.15, 0.2) is 48.7 Å². The average molecular weight is 263 g/mol. The van der Waals surface area contributed by atoms with Crippen LogP contribution in [0.5, 0.6) is 0 Å². The molecular weight excluding hydrogens is 254 g/mol. The zero-order chi connectivity index (χ0) is 13.1. The Hall–Kier alpha value is -2.51. The summed E-state index contributed by atoms with van der Waals surface area (Å²) in [5.74, 6) is 0. The number of benzene rings is 1. The van der Waals surface area contributed by atoms with E-state index in [4.69, 9.17) is 0 Å². The molecule has 0 spiro atoms. The number of rotatable bonds is 2. The summed E-state index contributed by atoms with van der Waals surface area (Å²) in [6.45, 7) is 0. The summed E-state index contributed by atoms with van der Waals surface area (Å²) in [6, 6.07) is 15.7. The Morgan fingerprint density at radius 3 is 2.74 bits per heavy atom. The first-order valence-corrected chi connectivity index (χ1v) is 6.57. The molecule has 0 saturated heterocycles.